The first-order valence-corrected chi connectivity index (χ1v) is 7.97. The molecule has 0 saturated carbocycles. The summed E-state index contributed by atoms with van der Waals surface area (Å²) in [5.74, 6) is 0.393. The lowest BCUT2D eigenvalue weighted by molar-refractivity contribution is -0.138. The van der Waals surface area contributed by atoms with Crippen LogP contribution in [-0.2, 0) is 0 Å². The number of likely N-dealkylation sites (tertiary alicyclic amines) is 1. The average Bonchev–Trinajstić information content (AvgIpc) is 2.89. The highest BCUT2D eigenvalue weighted by Gasteiger charge is 2.29. The van der Waals surface area contributed by atoms with Crippen molar-refractivity contribution in [2.75, 3.05) is 19.6 Å². The van der Waals surface area contributed by atoms with Crippen LogP contribution in [-0.4, -0.2) is 35.7 Å². The van der Waals surface area contributed by atoms with Gasteiger partial charge in [0.1, 0.15) is 0 Å². The van der Waals surface area contributed by atoms with Crippen molar-refractivity contribution < 1.29 is 13.2 Å². The lowest BCUT2D eigenvalue weighted by atomic mass is 9.97. The Labute approximate surface area is 125 Å². The fourth-order valence-corrected chi connectivity index (χ4v) is 3.89. The van der Waals surface area contributed by atoms with Crippen molar-refractivity contribution in [2.24, 2.45) is 0 Å². The number of benzene rings is 1. The van der Waals surface area contributed by atoms with E-state index in [0.717, 1.165) is 36.5 Å². The van der Waals surface area contributed by atoms with E-state index in [1.54, 1.807) is 11.3 Å². The number of hydrogen-bond acceptors (Lipinski definition) is 3. The summed E-state index contributed by atoms with van der Waals surface area (Å²) in [6.45, 7) is 1.59. The van der Waals surface area contributed by atoms with E-state index in [1.165, 1.54) is 4.70 Å². The molecule has 0 unspecified atom stereocenters. The Hall–Kier alpha value is -1.14. The molecule has 2 aromatic rings. The quantitative estimate of drug-likeness (QED) is 0.833. The Bertz CT molecular complexity index is 567. The SMILES string of the molecule is FC(F)(F)CCN1CCC(c2nc3ccccc3s2)CC1. The zero-order chi connectivity index (χ0) is 14.9. The van der Waals surface area contributed by atoms with E-state index in [0.29, 0.717) is 5.92 Å². The number of thiazole rings is 1. The molecule has 3 rings (SSSR count). The lowest BCUT2D eigenvalue weighted by Gasteiger charge is -2.31. The highest BCUT2D eigenvalue weighted by molar-refractivity contribution is 7.18. The molecule has 1 aromatic heterocycles. The van der Waals surface area contributed by atoms with E-state index in [-0.39, 0.29) is 6.54 Å². The number of alkyl halides is 3. The molecule has 0 N–H and O–H groups in total. The first-order valence-electron chi connectivity index (χ1n) is 7.16. The Balaban J connectivity index is 1.58. The molecule has 0 atom stereocenters. The van der Waals surface area contributed by atoms with Crippen molar-refractivity contribution in [1.29, 1.82) is 0 Å². The molecule has 0 aliphatic carbocycles. The maximum Gasteiger partial charge on any atom is 0.390 e. The zero-order valence-corrected chi connectivity index (χ0v) is 12.4. The number of nitrogens with zero attached hydrogens (tertiary/aromatic N) is 2. The molecule has 1 aliphatic heterocycles. The first-order chi connectivity index (χ1) is 10.0. The maximum absolute atomic E-state index is 12.2. The second kappa shape index (κ2) is 5.93. The van der Waals surface area contributed by atoms with Gasteiger partial charge in [-0.2, -0.15) is 13.2 Å². The van der Waals surface area contributed by atoms with Gasteiger partial charge in [0.05, 0.1) is 21.6 Å². The predicted molar refractivity (Wildman–Crippen MR) is 78.7 cm³/mol. The second-order valence-corrected chi connectivity index (χ2v) is 6.56. The van der Waals surface area contributed by atoms with Crippen LogP contribution in [0.1, 0.15) is 30.2 Å². The minimum atomic E-state index is -4.05. The van der Waals surface area contributed by atoms with E-state index in [2.05, 4.69) is 11.1 Å². The Kier molecular flexibility index (Phi) is 4.17. The van der Waals surface area contributed by atoms with Gasteiger partial charge in [-0.15, -0.1) is 11.3 Å². The molecule has 1 aromatic carbocycles. The molecular weight excluding hydrogens is 297 g/mol. The second-order valence-electron chi connectivity index (χ2n) is 5.50. The Morgan fingerprint density at radius 3 is 2.57 bits per heavy atom. The third-order valence-corrected chi connectivity index (χ3v) is 5.16. The van der Waals surface area contributed by atoms with Crippen LogP contribution in [0.4, 0.5) is 13.2 Å². The van der Waals surface area contributed by atoms with E-state index < -0.39 is 12.6 Å². The molecule has 1 fully saturated rings. The van der Waals surface area contributed by atoms with Crippen molar-refractivity contribution in [3.05, 3.63) is 29.3 Å². The molecule has 114 valence electrons. The predicted octanol–water partition coefficient (Wildman–Crippen LogP) is 4.43. The van der Waals surface area contributed by atoms with Crippen LogP contribution in [0.15, 0.2) is 24.3 Å². The minimum absolute atomic E-state index is 0.121. The highest BCUT2D eigenvalue weighted by atomic mass is 32.1. The Morgan fingerprint density at radius 2 is 1.90 bits per heavy atom. The number of para-hydroxylation sites is 1. The fraction of sp³-hybridized carbons (Fsp3) is 0.533. The van der Waals surface area contributed by atoms with Gasteiger partial charge in [0.15, 0.2) is 0 Å². The molecule has 2 nitrogen and oxygen atoms in total. The van der Waals surface area contributed by atoms with Crippen molar-refractivity contribution >= 4 is 21.6 Å². The number of piperidine rings is 1. The molecule has 0 bridgehead atoms. The summed E-state index contributed by atoms with van der Waals surface area (Å²) in [6, 6.07) is 8.05. The van der Waals surface area contributed by atoms with Crippen molar-refractivity contribution in [3.8, 4) is 0 Å². The number of aromatic nitrogens is 1. The zero-order valence-electron chi connectivity index (χ0n) is 11.6. The highest BCUT2D eigenvalue weighted by Crippen LogP contribution is 2.34. The minimum Gasteiger partial charge on any atom is -0.303 e. The van der Waals surface area contributed by atoms with E-state index in [9.17, 15) is 13.2 Å². The molecule has 21 heavy (non-hydrogen) atoms. The maximum atomic E-state index is 12.2. The number of rotatable bonds is 3. The van der Waals surface area contributed by atoms with Crippen LogP contribution in [0.25, 0.3) is 10.2 Å². The fourth-order valence-electron chi connectivity index (χ4n) is 2.75. The van der Waals surface area contributed by atoms with Crippen LogP contribution >= 0.6 is 11.3 Å². The standard InChI is InChI=1S/C15H17F3N2S/c16-15(17,18)7-10-20-8-5-11(6-9-20)14-19-12-3-1-2-4-13(12)21-14/h1-4,11H,5-10H2. The summed E-state index contributed by atoms with van der Waals surface area (Å²) < 4.78 is 37.9. The average molecular weight is 314 g/mol. The number of halogens is 3. The van der Waals surface area contributed by atoms with Crippen molar-refractivity contribution in [2.45, 2.75) is 31.4 Å². The normalized spacial score (nSPS) is 18.4. The van der Waals surface area contributed by atoms with Gasteiger partial charge in [-0.1, -0.05) is 12.1 Å². The van der Waals surface area contributed by atoms with Gasteiger partial charge in [0.2, 0.25) is 0 Å². The molecule has 1 aliphatic rings. The van der Waals surface area contributed by atoms with Gasteiger partial charge >= 0.3 is 6.18 Å². The van der Waals surface area contributed by atoms with Crippen LogP contribution in [0, 0.1) is 0 Å². The number of fused-ring (bicyclic) bond motifs is 1. The van der Waals surface area contributed by atoms with Gasteiger partial charge < -0.3 is 4.90 Å². The molecule has 6 heteroatoms. The summed E-state index contributed by atoms with van der Waals surface area (Å²) in [6.07, 6.45) is -2.96. The molecule has 2 heterocycles. The summed E-state index contributed by atoms with van der Waals surface area (Å²) in [5.41, 5.74) is 1.03. The third-order valence-electron chi connectivity index (χ3n) is 3.96. The van der Waals surface area contributed by atoms with Crippen LogP contribution in [0.5, 0.6) is 0 Å². The van der Waals surface area contributed by atoms with Gasteiger partial charge in [-0.3, -0.25) is 0 Å². The van der Waals surface area contributed by atoms with Gasteiger partial charge in [0.25, 0.3) is 0 Å². The summed E-state index contributed by atoms with van der Waals surface area (Å²) in [5, 5.41) is 1.13. The summed E-state index contributed by atoms with van der Waals surface area (Å²) in [4.78, 5) is 6.58. The summed E-state index contributed by atoms with van der Waals surface area (Å²) >= 11 is 1.71. The summed E-state index contributed by atoms with van der Waals surface area (Å²) in [7, 11) is 0. The Morgan fingerprint density at radius 1 is 1.19 bits per heavy atom. The van der Waals surface area contributed by atoms with E-state index in [4.69, 9.17) is 0 Å². The first kappa shape index (κ1) is 14.8. The van der Waals surface area contributed by atoms with Gasteiger partial charge in [0, 0.05) is 12.5 Å². The third kappa shape index (κ3) is 3.74. The smallest absolute Gasteiger partial charge is 0.303 e. The molecular formula is C15H17F3N2S. The van der Waals surface area contributed by atoms with Crippen molar-refractivity contribution in [3.63, 3.8) is 0 Å². The van der Waals surface area contributed by atoms with Crippen LogP contribution < -0.4 is 0 Å². The van der Waals surface area contributed by atoms with Crippen LogP contribution in [0.2, 0.25) is 0 Å². The molecule has 0 spiro atoms. The van der Waals surface area contributed by atoms with Gasteiger partial charge in [-0.25, -0.2) is 4.98 Å². The lowest BCUT2D eigenvalue weighted by Crippen LogP contribution is -2.35. The molecule has 0 amide bonds. The number of hydrogen-bond donors (Lipinski definition) is 0. The molecule has 0 radical (unpaired) electrons. The van der Waals surface area contributed by atoms with Crippen molar-refractivity contribution in [1.82, 2.24) is 9.88 Å². The van der Waals surface area contributed by atoms with Gasteiger partial charge in [-0.05, 0) is 38.1 Å². The topological polar surface area (TPSA) is 16.1 Å². The molecule has 1 saturated heterocycles. The monoisotopic (exact) mass is 314 g/mol. The largest absolute Gasteiger partial charge is 0.390 e. The van der Waals surface area contributed by atoms with E-state index >= 15 is 0 Å². The van der Waals surface area contributed by atoms with E-state index in [1.807, 2.05) is 23.1 Å². The van der Waals surface area contributed by atoms with Crippen LogP contribution in [0.3, 0.4) is 0 Å².